The van der Waals surface area contributed by atoms with Crippen molar-refractivity contribution < 1.29 is 4.42 Å². The molecule has 4 heteroatoms. The monoisotopic (exact) mass is 630 g/mol. The third-order valence-corrected chi connectivity index (χ3v) is 10.4. The van der Waals surface area contributed by atoms with Gasteiger partial charge in [-0.3, -0.25) is 0 Å². The van der Waals surface area contributed by atoms with E-state index in [4.69, 9.17) is 14.4 Å². The molecule has 0 unspecified atom stereocenters. The highest BCUT2D eigenvalue weighted by molar-refractivity contribution is 7.21. The van der Waals surface area contributed by atoms with Crippen LogP contribution in [0.5, 0.6) is 0 Å². The number of hydrogen-bond acceptors (Lipinski definition) is 4. The Morgan fingerprint density at radius 2 is 1.04 bits per heavy atom. The molecule has 0 aliphatic rings. The molecule has 48 heavy (non-hydrogen) atoms. The molecule has 224 valence electrons. The van der Waals surface area contributed by atoms with Gasteiger partial charge in [0.05, 0.1) is 21.4 Å². The summed E-state index contributed by atoms with van der Waals surface area (Å²) in [5.74, 6) is 0. The number of furan rings is 1. The van der Waals surface area contributed by atoms with Crippen molar-refractivity contribution in [3.8, 4) is 44.1 Å². The zero-order valence-electron chi connectivity index (χ0n) is 25.7. The Morgan fingerprint density at radius 3 is 1.81 bits per heavy atom. The van der Waals surface area contributed by atoms with E-state index in [9.17, 15) is 0 Å². The molecule has 3 nitrogen and oxygen atoms in total. The van der Waals surface area contributed by atoms with E-state index < -0.39 is 0 Å². The van der Waals surface area contributed by atoms with E-state index in [0.29, 0.717) is 0 Å². The molecule has 0 bridgehead atoms. The maximum atomic E-state index is 6.53. The number of nitrogens with zero attached hydrogens (tertiary/aromatic N) is 2. The molecule has 0 saturated heterocycles. The second kappa shape index (κ2) is 10.7. The Kier molecular flexibility index (Phi) is 6.05. The SMILES string of the molecule is c1ccc(-c2c3c(cc4c(-c5ccc(-c6ccc(-c7nc8ccccc8s7)cc6)cc5)nc5ccccc5c24)oc2ccccc23)cc1. The highest BCUT2D eigenvalue weighted by atomic mass is 32.1. The number of rotatable bonds is 4. The number of thiazole rings is 1. The predicted octanol–water partition coefficient (Wildman–Crippen LogP) is 12.6. The second-order valence-corrected chi connectivity index (χ2v) is 13.2. The first-order valence-electron chi connectivity index (χ1n) is 16.1. The molecule has 0 aliphatic heterocycles. The van der Waals surface area contributed by atoms with Gasteiger partial charge in [0.2, 0.25) is 0 Å². The van der Waals surface area contributed by atoms with Gasteiger partial charge < -0.3 is 4.42 Å². The van der Waals surface area contributed by atoms with Crippen molar-refractivity contribution >= 4 is 65.2 Å². The molecule has 0 radical (unpaired) electrons. The minimum atomic E-state index is 0.866. The van der Waals surface area contributed by atoms with E-state index in [2.05, 4.69) is 146 Å². The summed E-state index contributed by atoms with van der Waals surface area (Å²) in [4.78, 5) is 10.1. The van der Waals surface area contributed by atoms with Crippen LogP contribution in [-0.4, -0.2) is 9.97 Å². The van der Waals surface area contributed by atoms with Crippen LogP contribution < -0.4 is 0 Å². The van der Waals surface area contributed by atoms with Crippen molar-refractivity contribution in [2.45, 2.75) is 0 Å². The highest BCUT2D eigenvalue weighted by Crippen LogP contribution is 2.46. The molecule has 10 aromatic rings. The second-order valence-electron chi connectivity index (χ2n) is 12.1. The van der Waals surface area contributed by atoms with Gasteiger partial charge in [-0.15, -0.1) is 11.3 Å². The van der Waals surface area contributed by atoms with Crippen LogP contribution in [0.2, 0.25) is 0 Å². The summed E-state index contributed by atoms with van der Waals surface area (Å²) in [6.45, 7) is 0. The maximum absolute atomic E-state index is 6.53. The maximum Gasteiger partial charge on any atom is 0.136 e. The van der Waals surface area contributed by atoms with Gasteiger partial charge in [0.1, 0.15) is 16.2 Å². The summed E-state index contributed by atoms with van der Waals surface area (Å²) < 4.78 is 7.74. The lowest BCUT2D eigenvalue weighted by Crippen LogP contribution is -1.93. The first kappa shape index (κ1) is 27.1. The standard InChI is InChI=1S/C44H26N2OS/c1-2-10-29(11-3-1)40-41-32-12-4-6-14-35(32)45-43(34(41)26-38-42(40)33-13-5-8-16-37(33)47-38)30-22-18-27(19-23-30)28-20-24-31(25-21-28)44-46-36-15-7-9-17-39(36)48-44/h1-26H. The fourth-order valence-electron chi connectivity index (χ4n) is 7.05. The largest absolute Gasteiger partial charge is 0.456 e. The van der Waals surface area contributed by atoms with Gasteiger partial charge in [-0.1, -0.05) is 127 Å². The molecule has 7 aromatic carbocycles. The summed E-state index contributed by atoms with van der Waals surface area (Å²) in [6.07, 6.45) is 0. The zero-order valence-corrected chi connectivity index (χ0v) is 26.5. The lowest BCUT2D eigenvalue weighted by Gasteiger charge is -2.16. The summed E-state index contributed by atoms with van der Waals surface area (Å²) in [7, 11) is 0. The molecule has 0 saturated carbocycles. The van der Waals surface area contributed by atoms with Crippen LogP contribution in [0, 0.1) is 0 Å². The normalized spacial score (nSPS) is 11.8. The topological polar surface area (TPSA) is 38.9 Å². The quantitative estimate of drug-likeness (QED) is 0.182. The molecular formula is C44H26N2OS. The van der Waals surface area contributed by atoms with Crippen LogP contribution in [0.4, 0.5) is 0 Å². The van der Waals surface area contributed by atoms with Crippen LogP contribution in [0.1, 0.15) is 0 Å². The van der Waals surface area contributed by atoms with Gasteiger partial charge in [-0.2, -0.15) is 0 Å². The highest BCUT2D eigenvalue weighted by Gasteiger charge is 2.21. The summed E-state index contributed by atoms with van der Waals surface area (Å²) in [5, 5.41) is 6.70. The van der Waals surface area contributed by atoms with Crippen molar-refractivity contribution in [1.82, 2.24) is 9.97 Å². The molecule has 0 atom stereocenters. The Balaban J connectivity index is 1.14. The first-order chi connectivity index (χ1) is 23.8. The van der Waals surface area contributed by atoms with E-state index in [0.717, 1.165) is 82.3 Å². The van der Waals surface area contributed by atoms with E-state index >= 15 is 0 Å². The zero-order chi connectivity index (χ0) is 31.6. The van der Waals surface area contributed by atoms with Crippen LogP contribution >= 0.6 is 11.3 Å². The smallest absolute Gasteiger partial charge is 0.136 e. The van der Waals surface area contributed by atoms with Gasteiger partial charge in [0.25, 0.3) is 0 Å². The summed E-state index contributed by atoms with van der Waals surface area (Å²) >= 11 is 1.73. The number of para-hydroxylation sites is 3. The lowest BCUT2D eigenvalue weighted by molar-refractivity contribution is 0.669. The van der Waals surface area contributed by atoms with Crippen LogP contribution in [0.3, 0.4) is 0 Å². The Morgan fingerprint density at radius 1 is 0.417 bits per heavy atom. The van der Waals surface area contributed by atoms with Gasteiger partial charge >= 0.3 is 0 Å². The van der Waals surface area contributed by atoms with Crippen molar-refractivity contribution in [2.24, 2.45) is 0 Å². The van der Waals surface area contributed by atoms with Crippen molar-refractivity contribution in [3.05, 3.63) is 158 Å². The molecule has 0 spiro atoms. The molecule has 0 amide bonds. The Labute approximate surface area is 280 Å². The molecule has 0 aliphatic carbocycles. The molecule has 3 heterocycles. The summed E-state index contributed by atoms with van der Waals surface area (Å²) in [6, 6.07) is 55.5. The van der Waals surface area contributed by atoms with Gasteiger partial charge in [-0.25, -0.2) is 9.97 Å². The lowest BCUT2D eigenvalue weighted by atomic mass is 9.89. The predicted molar refractivity (Wildman–Crippen MR) is 201 cm³/mol. The minimum absolute atomic E-state index is 0.866. The third-order valence-electron chi connectivity index (χ3n) is 9.31. The number of hydrogen-bond donors (Lipinski definition) is 0. The third kappa shape index (κ3) is 4.27. The van der Waals surface area contributed by atoms with E-state index in [-0.39, 0.29) is 0 Å². The average Bonchev–Trinajstić information content (AvgIpc) is 3.76. The number of fused-ring (bicyclic) bond motifs is 7. The molecule has 3 aromatic heterocycles. The Bertz CT molecular complexity index is 2780. The fourth-order valence-corrected chi connectivity index (χ4v) is 8.02. The fraction of sp³-hybridized carbons (Fsp3) is 0. The first-order valence-corrected chi connectivity index (χ1v) is 16.9. The average molecular weight is 631 g/mol. The van der Waals surface area contributed by atoms with Crippen molar-refractivity contribution in [2.75, 3.05) is 0 Å². The number of benzene rings is 7. The van der Waals surface area contributed by atoms with E-state index in [1.54, 1.807) is 11.3 Å². The van der Waals surface area contributed by atoms with Crippen LogP contribution in [0.25, 0.3) is 97.9 Å². The molecule has 0 N–H and O–H groups in total. The van der Waals surface area contributed by atoms with Crippen molar-refractivity contribution in [3.63, 3.8) is 0 Å². The van der Waals surface area contributed by atoms with Crippen LogP contribution in [-0.2, 0) is 0 Å². The van der Waals surface area contributed by atoms with E-state index in [1.807, 2.05) is 12.1 Å². The minimum Gasteiger partial charge on any atom is -0.456 e. The molecular weight excluding hydrogens is 605 g/mol. The number of aromatic nitrogens is 2. The molecule has 0 fully saturated rings. The van der Waals surface area contributed by atoms with Gasteiger partial charge in [0, 0.05) is 43.6 Å². The van der Waals surface area contributed by atoms with Gasteiger partial charge in [0.15, 0.2) is 0 Å². The summed E-state index contributed by atoms with van der Waals surface area (Å²) in [5.41, 5.74) is 11.6. The number of pyridine rings is 1. The van der Waals surface area contributed by atoms with Crippen molar-refractivity contribution in [1.29, 1.82) is 0 Å². The van der Waals surface area contributed by atoms with Crippen LogP contribution in [0.15, 0.2) is 162 Å². The Hall–Kier alpha value is -6.10. The van der Waals surface area contributed by atoms with E-state index in [1.165, 1.54) is 15.6 Å². The van der Waals surface area contributed by atoms with Gasteiger partial charge in [-0.05, 0) is 47.0 Å². The molecule has 10 rings (SSSR count).